The van der Waals surface area contributed by atoms with Gasteiger partial charge >= 0.3 is 0 Å². The van der Waals surface area contributed by atoms with Crippen LogP contribution in [0.25, 0.3) is 11.6 Å². The number of thioether (sulfide) groups is 1. The SMILES string of the molecule is CC(Sc1nnc(-c2ccco2)n1Cc1ccccc1)C(=O)NC(C)c1ccc(F)cc1. The summed E-state index contributed by atoms with van der Waals surface area (Å²) in [6, 6.07) is 19.5. The van der Waals surface area contributed by atoms with Crippen LogP contribution in [-0.4, -0.2) is 25.9 Å². The number of halogens is 1. The van der Waals surface area contributed by atoms with Crippen LogP contribution in [0.2, 0.25) is 0 Å². The minimum Gasteiger partial charge on any atom is -0.461 e. The molecule has 2 atom stereocenters. The van der Waals surface area contributed by atoms with E-state index >= 15 is 0 Å². The number of carbonyl (C=O) groups excluding carboxylic acids is 1. The summed E-state index contributed by atoms with van der Waals surface area (Å²) >= 11 is 1.33. The zero-order valence-electron chi connectivity index (χ0n) is 17.7. The van der Waals surface area contributed by atoms with Crippen molar-refractivity contribution in [1.82, 2.24) is 20.1 Å². The van der Waals surface area contributed by atoms with Crippen LogP contribution in [0, 0.1) is 5.82 Å². The Hall–Kier alpha value is -3.39. The quantitative estimate of drug-likeness (QED) is 0.379. The summed E-state index contributed by atoms with van der Waals surface area (Å²) in [6.07, 6.45) is 1.59. The molecule has 2 aromatic heterocycles. The summed E-state index contributed by atoms with van der Waals surface area (Å²) < 4.78 is 20.7. The summed E-state index contributed by atoms with van der Waals surface area (Å²) in [7, 11) is 0. The first-order valence-corrected chi connectivity index (χ1v) is 11.1. The molecule has 4 rings (SSSR count). The highest BCUT2D eigenvalue weighted by atomic mass is 32.2. The van der Waals surface area contributed by atoms with Crippen LogP contribution in [0.1, 0.15) is 31.0 Å². The molecule has 32 heavy (non-hydrogen) atoms. The van der Waals surface area contributed by atoms with Crippen LogP contribution < -0.4 is 5.32 Å². The van der Waals surface area contributed by atoms with Gasteiger partial charge in [-0.25, -0.2) is 4.39 Å². The van der Waals surface area contributed by atoms with Crippen LogP contribution in [0.4, 0.5) is 4.39 Å². The summed E-state index contributed by atoms with van der Waals surface area (Å²) in [6.45, 7) is 4.24. The Morgan fingerprint density at radius 2 is 1.81 bits per heavy atom. The molecule has 0 radical (unpaired) electrons. The molecule has 8 heteroatoms. The number of carbonyl (C=O) groups is 1. The molecular formula is C24H23FN4O2S. The molecule has 0 aliphatic carbocycles. The molecule has 2 unspecified atom stereocenters. The zero-order chi connectivity index (χ0) is 22.5. The van der Waals surface area contributed by atoms with E-state index in [0.717, 1.165) is 11.1 Å². The van der Waals surface area contributed by atoms with Gasteiger partial charge in [0.05, 0.1) is 24.1 Å². The Kier molecular flexibility index (Phi) is 6.70. The van der Waals surface area contributed by atoms with Gasteiger partial charge in [0.25, 0.3) is 0 Å². The van der Waals surface area contributed by atoms with Crippen LogP contribution in [-0.2, 0) is 11.3 Å². The average Bonchev–Trinajstić information content (AvgIpc) is 3.45. The van der Waals surface area contributed by atoms with Gasteiger partial charge in [-0.05, 0) is 49.2 Å². The first-order valence-electron chi connectivity index (χ1n) is 10.2. The Labute approximate surface area is 189 Å². The zero-order valence-corrected chi connectivity index (χ0v) is 18.6. The molecule has 0 fully saturated rings. The van der Waals surface area contributed by atoms with Gasteiger partial charge in [0.2, 0.25) is 11.7 Å². The number of benzene rings is 2. The van der Waals surface area contributed by atoms with Gasteiger partial charge in [-0.3, -0.25) is 9.36 Å². The molecule has 0 saturated carbocycles. The van der Waals surface area contributed by atoms with Crippen molar-refractivity contribution in [2.24, 2.45) is 0 Å². The maximum absolute atomic E-state index is 13.2. The second-order valence-corrected chi connectivity index (χ2v) is 8.71. The van der Waals surface area contributed by atoms with Gasteiger partial charge < -0.3 is 9.73 Å². The third-order valence-corrected chi connectivity index (χ3v) is 6.10. The molecule has 0 spiro atoms. The van der Waals surface area contributed by atoms with E-state index in [9.17, 15) is 9.18 Å². The van der Waals surface area contributed by atoms with Gasteiger partial charge in [-0.2, -0.15) is 0 Å². The first-order chi connectivity index (χ1) is 15.5. The molecule has 0 saturated heterocycles. The molecule has 0 aliphatic rings. The van der Waals surface area contributed by atoms with Gasteiger partial charge in [-0.15, -0.1) is 10.2 Å². The van der Waals surface area contributed by atoms with Gasteiger partial charge in [0.15, 0.2) is 10.9 Å². The largest absolute Gasteiger partial charge is 0.461 e. The third kappa shape index (κ3) is 5.08. The number of hydrogen-bond donors (Lipinski definition) is 1. The van der Waals surface area contributed by atoms with Gasteiger partial charge in [-0.1, -0.05) is 54.2 Å². The minimum absolute atomic E-state index is 0.138. The molecule has 1 N–H and O–H groups in total. The number of hydrogen-bond acceptors (Lipinski definition) is 5. The molecule has 0 bridgehead atoms. The molecule has 164 valence electrons. The lowest BCUT2D eigenvalue weighted by Crippen LogP contribution is -2.33. The van der Waals surface area contributed by atoms with Crippen molar-refractivity contribution >= 4 is 17.7 Å². The molecule has 1 amide bonds. The van der Waals surface area contributed by atoms with Crippen LogP contribution in [0.3, 0.4) is 0 Å². The summed E-state index contributed by atoms with van der Waals surface area (Å²) in [5.41, 5.74) is 1.92. The highest BCUT2D eigenvalue weighted by Crippen LogP contribution is 2.28. The number of nitrogens with one attached hydrogen (secondary N) is 1. The fraction of sp³-hybridized carbons (Fsp3) is 0.208. The molecule has 2 heterocycles. The van der Waals surface area contributed by atoms with E-state index in [1.165, 1.54) is 23.9 Å². The lowest BCUT2D eigenvalue weighted by molar-refractivity contribution is -0.120. The Bertz CT molecular complexity index is 1160. The lowest BCUT2D eigenvalue weighted by Gasteiger charge is -2.18. The Balaban J connectivity index is 1.51. The van der Waals surface area contributed by atoms with Gasteiger partial charge in [0.1, 0.15) is 5.82 Å². The second kappa shape index (κ2) is 9.82. The fourth-order valence-electron chi connectivity index (χ4n) is 3.25. The first kappa shape index (κ1) is 21.8. The van der Waals surface area contributed by atoms with Crippen molar-refractivity contribution < 1.29 is 13.6 Å². The van der Waals surface area contributed by atoms with Crippen molar-refractivity contribution in [3.8, 4) is 11.6 Å². The number of nitrogens with zero attached hydrogens (tertiary/aromatic N) is 3. The molecule has 6 nitrogen and oxygen atoms in total. The maximum Gasteiger partial charge on any atom is 0.233 e. The summed E-state index contributed by atoms with van der Waals surface area (Å²) in [4.78, 5) is 12.8. The average molecular weight is 451 g/mol. The maximum atomic E-state index is 13.2. The monoisotopic (exact) mass is 450 g/mol. The predicted molar refractivity (Wildman–Crippen MR) is 122 cm³/mol. The van der Waals surface area contributed by atoms with Crippen LogP contribution in [0.5, 0.6) is 0 Å². The van der Waals surface area contributed by atoms with Crippen molar-refractivity contribution in [2.45, 2.75) is 36.8 Å². The fourth-order valence-corrected chi connectivity index (χ4v) is 4.11. The van der Waals surface area contributed by atoms with E-state index in [1.807, 2.05) is 54.8 Å². The predicted octanol–water partition coefficient (Wildman–Crippen LogP) is 5.08. The highest BCUT2D eigenvalue weighted by molar-refractivity contribution is 8.00. The van der Waals surface area contributed by atoms with E-state index in [4.69, 9.17) is 4.42 Å². The normalized spacial score (nSPS) is 13.0. The van der Waals surface area contributed by atoms with Crippen LogP contribution in [0.15, 0.2) is 82.6 Å². The Morgan fingerprint density at radius 3 is 2.50 bits per heavy atom. The summed E-state index contributed by atoms with van der Waals surface area (Å²) in [5.74, 6) is 0.776. The van der Waals surface area contributed by atoms with Crippen molar-refractivity contribution in [3.05, 3.63) is 89.9 Å². The third-order valence-electron chi connectivity index (χ3n) is 5.02. The van der Waals surface area contributed by atoms with E-state index in [1.54, 1.807) is 24.5 Å². The van der Waals surface area contributed by atoms with Gasteiger partial charge in [0, 0.05) is 0 Å². The van der Waals surface area contributed by atoms with E-state index in [2.05, 4.69) is 15.5 Å². The molecule has 0 aliphatic heterocycles. The minimum atomic E-state index is -0.416. The van der Waals surface area contributed by atoms with Crippen LogP contribution >= 0.6 is 11.8 Å². The molecule has 4 aromatic rings. The van der Waals surface area contributed by atoms with Crippen molar-refractivity contribution in [1.29, 1.82) is 0 Å². The molecule has 2 aromatic carbocycles. The molecular weight excluding hydrogens is 427 g/mol. The van der Waals surface area contributed by atoms with E-state index in [0.29, 0.717) is 23.3 Å². The van der Waals surface area contributed by atoms with E-state index < -0.39 is 5.25 Å². The number of furan rings is 1. The number of aromatic nitrogens is 3. The lowest BCUT2D eigenvalue weighted by atomic mass is 10.1. The smallest absolute Gasteiger partial charge is 0.233 e. The number of rotatable bonds is 8. The Morgan fingerprint density at radius 1 is 1.06 bits per heavy atom. The van der Waals surface area contributed by atoms with Crippen molar-refractivity contribution in [3.63, 3.8) is 0 Å². The van der Waals surface area contributed by atoms with E-state index in [-0.39, 0.29) is 17.8 Å². The second-order valence-electron chi connectivity index (χ2n) is 7.40. The number of amides is 1. The highest BCUT2D eigenvalue weighted by Gasteiger charge is 2.23. The van der Waals surface area contributed by atoms with Crippen molar-refractivity contribution in [2.75, 3.05) is 0 Å². The standard InChI is InChI=1S/C24H23FN4O2S/c1-16(19-10-12-20(25)13-11-19)26-23(30)17(2)32-24-28-27-22(21-9-6-14-31-21)29(24)15-18-7-4-3-5-8-18/h3-14,16-17H,15H2,1-2H3,(H,26,30). The topological polar surface area (TPSA) is 73.0 Å². The summed E-state index contributed by atoms with van der Waals surface area (Å²) in [5, 5.41) is 11.8.